The number of hydrogen-bond acceptors (Lipinski definition) is 3. The Balaban J connectivity index is 2.29. The van der Waals surface area contributed by atoms with Crippen molar-refractivity contribution in [1.29, 1.82) is 0 Å². The molecule has 1 aliphatic rings. The first-order chi connectivity index (χ1) is 9.69. The minimum atomic E-state index is -1.13. The summed E-state index contributed by atoms with van der Waals surface area (Å²) in [7, 11) is 0. The van der Waals surface area contributed by atoms with Gasteiger partial charge in [0.2, 0.25) is 0 Å². The van der Waals surface area contributed by atoms with E-state index in [-0.39, 0.29) is 18.5 Å². The molecule has 2 rings (SSSR count). The number of benzene rings is 1. The molecule has 1 amide bonds. The highest BCUT2D eigenvalue weighted by Gasteiger charge is 2.29. The topological polar surface area (TPSA) is 66.8 Å². The fraction of sp³-hybridized carbons (Fsp3) is 0.467. The van der Waals surface area contributed by atoms with Crippen LogP contribution < -0.4 is 0 Å². The number of amides is 1. The van der Waals surface area contributed by atoms with Crippen LogP contribution in [0.25, 0.3) is 0 Å². The SMILES string of the molecule is CC(C)(C)OC(=O)N1CCc2c(F)ccc(C(=O)O)c2C1. The summed E-state index contributed by atoms with van der Waals surface area (Å²) in [5.74, 6) is -1.56. The second-order valence-electron chi connectivity index (χ2n) is 6.01. The first-order valence-corrected chi connectivity index (χ1v) is 6.70. The van der Waals surface area contributed by atoms with Crippen LogP contribution in [0.15, 0.2) is 12.1 Å². The van der Waals surface area contributed by atoms with Crippen molar-refractivity contribution in [2.45, 2.75) is 39.3 Å². The molecular formula is C15H18FNO4. The summed E-state index contributed by atoms with van der Waals surface area (Å²) in [4.78, 5) is 24.7. The summed E-state index contributed by atoms with van der Waals surface area (Å²) in [5, 5.41) is 9.19. The van der Waals surface area contributed by atoms with E-state index in [1.807, 2.05) is 0 Å². The predicted molar refractivity (Wildman–Crippen MR) is 73.7 cm³/mol. The van der Waals surface area contributed by atoms with E-state index in [1.54, 1.807) is 20.8 Å². The van der Waals surface area contributed by atoms with E-state index in [9.17, 15) is 19.1 Å². The number of fused-ring (bicyclic) bond motifs is 1. The Morgan fingerprint density at radius 3 is 2.52 bits per heavy atom. The standard InChI is InChI=1S/C15H18FNO4/c1-15(2,3)21-14(20)17-7-6-9-11(8-17)10(13(18)19)4-5-12(9)16/h4-5H,6-8H2,1-3H3,(H,18,19). The zero-order chi connectivity index (χ0) is 15.8. The molecule has 6 heteroatoms. The average molecular weight is 295 g/mol. The van der Waals surface area contributed by atoms with Gasteiger partial charge in [0.05, 0.1) is 12.1 Å². The lowest BCUT2D eigenvalue weighted by Gasteiger charge is -2.32. The monoisotopic (exact) mass is 295 g/mol. The summed E-state index contributed by atoms with van der Waals surface area (Å²) < 4.78 is 19.1. The Kier molecular flexibility index (Phi) is 3.89. The number of carbonyl (C=O) groups excluding carboxylic acids is 1. The molecule has 1 aromatic carbocycles. The lowest BCUT2D eigenvalue weighted by molar-refractivity contribution is 0.0220. The van der Waals surface area contributed by atoms with E-state index in [0.717, 1.165) is 6.07 Å². The molecule has 21 heavy (non-hydrogen) atoms. The van der Waals surface area contributed by atoms with E-state index in [2.05, 4.69) is 0 Å². The van der Waals surface area contributed by atoms with Crippen LogP contribution in [0.2, 0.25) is 0 Å². The Morgan fingerprint density at radius 1 is 1.29 bits per heavy atom. The predicted octanol–water partition coefficient (Wildman–Crippen LogP) is 2.82. The van der Waals surface area contributed by atoms with Crippen LogP contribution in [0.3, 0.4) is 0 Å². The Morgan fingerprint density at radius 2 is 1.95 bits per heavy atom. The third kappa shape index (κ3) is 3.32. The zero-order valence-corrected chi connectivity index (χ0v) is 12.3. The molecule has 1 heterocycles. The number of carboxylic acid groups (broad SMARTS) is 1. The van der Waals surface area contributed by atoms with Gasteiger partial charge < -0.3 is 14.7 Å². The minimum absolute atomic E-state index is 0.0275. The number of hydrogen-bond donors (Lipinski definition) is 1. The summed E-state index contributed by atoms with van der Waals surface area (Å²) in [6, 6.07) is 2.39. The second kappa shape index (κ2) is 5.35. The van der Waals surface area contributed by atoms with Crippen molar-refractivity contribution in [3.05, 3.63) is 34.6 Å². The molecule has 1 aliphatic heterocycles. The van der Waals surface area contributed by atoms with Crippen LogP contribution >= 0.6 is 0 Å². The molecule has 0 radical (unpaired) electrons. The third-order valence-corrected chi connectivity index (χ3v) is 3.24. The number of halogens is 1. The number of ether oxygens (including phenoxy) is 1. The lowest BCUT2D eigenvalue weighted by Crippen LogP contribution is -2.40. The maximum Gasteiger partial charge on any atom is 0.410 e. The number of rotatable bonds is 1. The largest absolute Gasteiger partial charge is 0.478 e. The molecule has 114 valence electrons. The Bertz CT molecular complexity index is 592. The first-order valence-electron chi connectivity index (χ1n) is 6.70. The molecule has 0 atom stereocenters. The molecule has 0 aromatic heterocycles. The number of nitrogens with zero attached hydrogens (tertiary/aromatic N) is 1. The highest BCUT2D eigenvalue weighted by Crippen LogP contribution is 2.26. The molecule has 0 unspecified atom stereocenters. The van der Waals surface area contributed by atoms with Crippen molar-refractivity contribution in [3.8, 4) is 0 Å². The van der Waals surface area contributed by atoms with Gasteiger partial charge in [-0.3, -0.25) is 0 Å². The Hall–Kier alpha value is -2.11. The van der Waals surface area contributed by atoms with Gasteiger partial charge in [0, 0.05) is 6.54 Å². The lowest BCUT2D eigenvalue weighted by atomic mass is 9.94. The van der Waals surface area contributed by atoms with Crippen LogP contribution in [0.5, 0.6) is 0 Å². The quantitative estimate of drug-likeness (QED) is 0.865. The third-order valence-electron chi connectivity index (χ3n) is 3.24. The van der Waals surface area contributed by atoms with Crippen LogP contribution in [0.1, 0.15) is 42.3 Å². The van der Waals surface area contributed by atoms with Crippen molar-refractivity contribution in [2.24, 2.45) is 0 Å². The van der Waals surface area contributed by atoms with E-state index >= 15 is 0 Å². The van der Waals surface area contributed by atoms with Crippen LogP contribution in [0, 0.1) is 5.82 Å². The highest BCUT2D eigenvalue weighted by molar-refractivity contribution is 5.90. The fourth-order valence-electron chi connectivity index (χ4n) is 2.31. The Labute approximate surface area is 122 Å². The van der Waals surface area contributed by atoms with E-state index < -0.39 is 23.5 Å². The number of carboxylic acids is 1. The van der Waals surface area contributed by atoms with Crippen LogP contribution in [-0.4, -0.2) is 34.2 Å². The molecule has 5 nitrogen and oxygen atoms in total. The van der Waals surface area contributed by atoms with E-state index in [1.165, 1.54) is 11.0 Å². The average Bonchev–Trinajstić information content (AvgIpc) is 2.36. The minimum Gasteiger partial charge on any atom is -0.478 e. The van der Waals surface area contributed by atoms with Crippen molar-refractivity contribution in [1.82, 2.24) is 4.90 Å². The second-order valence-corrected chi connectivity index (χ2v) is 6.01. The maximum absolute atomic E-state index is 13.8. The smallest absolute Gasteiger partial charge is 0.410 e. The van der Waals surface area contributed by atoms with Crippen molar-refractivity contribution >= 4 is 12.1 Å². The van der Waals surface area contributed by atoms with E-state index in [4.69, 9.17) is 4.74 Å². The number of aromatic carboxylic acids is 1. The van der Waals surface area contributed by atoms with Crippen LogP contribution in [0.4, 0.5) is 9.18 Å². The van der Waals surface area contributed by atoms with Gasteiger partial charge in [-0.05, 0) is 50.5 Å². The van der Waals surface area contributed by atoms with Gasteiger partial charge in [-0.25, -0.2) is 14.0 Å². The molecule has 1 N–H and O–H groups in total. The van der Waals surface area contributed by atoms with Crippen molar-refractivity contribution in [3.63, 3.8) is 0 Å². The summed E-state index contributed by atoms with van der Waals surface area (Å²) in [6.45, 7) is 5.62. The molecule has 1 aromatic rings. The van der Waals surface area contributed by atoms with Gasteiger partial charge in [0.25, 0.3) is 0 Å². The van der Waals surface area contributed by atoms with Gasteiger partial charge >= 0.3 is 12.1 Å². The molecular weight excluding hydrogens is 277 g/mol. The molecule has 0 saturated carbocycles. The molecule has 0 fully saturated rings. The van der Waals surface area contributed by atoms with Gasteiger partial charge in [0.15, 0.2) is 0 Å². The summed E-state index contributed by atoms with van der Waals surface area (Å²) >= 11 is 0. The van der Waals surface area contributed by atoms with E-state index in [0.29, 0.717) is 17.7 Å². The van der Waals surface area contributed by atoms with Gasteiger partial charge in [-0.1, -0.05) is 0 Å². The first kappa shape index (κ1) is 15.3. The normalized spacial score (nSPS) is 14.6. The molecule has 0 spiro atoms. The maximum atomic E-state index is 13.8. The summed E-state index contributed by atoms with van der Waals surface area (Å²) in [5.41, 5.74) is 0.114. The summed E-state index contributed by atoms with van der Waals surface area (Å²) in [6.07, 6.45) is -0.240. The highest BCUT2D eigenvalue weighted by atomic mass is 19.1. The molecule has 0 saturated heterocycles. The van der Waals surface area contributed by atoms with Crippen LogP contribution in [-0.2, 0) is 17.7 Å². The van der Waals surface area contributed by atoms with Gasteiger partial charge in [-0.2, -0.15) is 0 Å². The van der Waals surface area contributed by atoms with Gasteiger partial charge in [-0.15, -0.1) is 0 Å². The molecule has 0 aliphatic carbocycles. The zero-order valence-electron chi connectivity index (χ0n) is 12.3. The van der Waals surface area contributed by atoms with Gasteiger partial charge in [0.1, 0.15) is 11.4 Å². The number of carbonyl (C=O) groups is 2. The molecule has 0 bridgehead atoms. The fourth-order valence-corrected chi connectivity index (χ4v) is 2.31. The van der Waals surface area contributed by atoms with Crippen molar-refractivity contribution < 1.29 is 23.8 Å². The van der Waals surface area contributed by atoms with Crippen molar-refractivity contribution in [2.75, 3.05) is 6.54 Å².